The highest BCUT2D eigenvalue weighted by Gasteiger charge is 2.12. The third-order valence-electron chi connectivity index (χ3n) is 3.59. The number of nitrogens with two attached hydrogens (primary N) is 1. The molecule has 0 unspecified atom stereocenters. The van der Waals surface area contributed by atoms with Crippen molar-refractivity contribution >= 4 is 23.3 Å². The van der Waals surface area contributed by atoms with E-state index in [1.54, 1.807) is 0 Å². The van der Waals surface area contributed by atoms with Gasteiger partial charge in [-0.05, 0) is 43.6 Å². The van der Waals surface area contributed by atoms with Crippen LogP contribution in [0.25, 0.3) is 0 Å². The summed E-state index contributed by atoms with van der Waals surface area (Å²) in [6.45, 7) is 3.20. The molecule has 0 atom stereocenters. The van der Waals surface area contributed by atoms with Crippen molar-refractivity contribution in [2.45, 2.75) is 25.7 Å². The van der Waals surface area contributed by atoms with Gasteiger partial charge in [-0.3, -0.25) is 0 Å². The van der Waals surface area contributed by atoms with E-state index < -0.39 is 6.03 Å². The minimum Gasteiger partial charge on any atom is -0.350 e. The second-order valence-corrected chi connectivity index (χ2v) is 5.63. The molecule has 0 bridgehead atoms. The molecule has 2 rings (SSSR count). The van der Waals surface area contributed by atoms with E-state index in [0.29, 0.717) is 5.02 Å². The predicted octanol–water partition coefficient (Wildman–Crippen LogP) is 2.59. The summed E-state index contributed by atoms with van der Waals surface area (Å²) in [7, 11) is 0. The van der Waals surface area contributed by atoms with Crippen LogP contribution in [0.2, 0.25) is 5.02 Å². The minimum atomic E-state index is -0.653. The van der Waals surface area contributed by atoms with Crippen molar-refractivity contribution in [1.82, 2.24) is 10.3 Å². The molecule has 1 aliphatic heterocycles. The second-order valence-electron chi connectivity index (χ2n) is 5.19. The molecule has 21 heavy (non-hydrogen) atoms. The number of likely N-dealkylation sites (tertiary alicyclic amines) is 1. The zero-order chi connectivity index (χ0) is 15.1. The summed E-state index contributed by atoms with van der Waals surface area (Å²) in [5, 5.41) is 4.81. The second kappa shape index (κ2) is 8.00. The molecule has 0 spiro atoms. The van der Waals surface area contributed by atoms with E-state index in [1.165, 1.54) is 19.3 Å². The van der Waals surface area contributed by atoms with Crippen LogP contribution in [-0.2, 0) is 0 Å². The molecule has 114 valence electrons. The largest absolute Gasteiger partial charge is 0.350 e. The highest BCUT2D eigenvalue weighted by Crippen LogP contribution is 2.14. The average molecular weight is 309 g/mol. The molecule has 0 saturated carbocycles. The fourth-order valence-corrected chi connectivity index (χ4v) is 2.60. The maximum Gasteiger partial charge on any atom is 0.332 e. The molecule has 1 heterocycles. The summed E-state index contributed by atoms with van der Waals surface area (Å²) in [5.74, 6) is 0. The van der Waals surface area contributed by atoms with Gasteiger partial charge >= 0.3 is 6.03 Å². The standard InChI is InChI=1S/C15H21ClN4O/c16-13-6-4-12(5-7-13)14(18-19-15(17)21)8-11-20-9-2-1-3-10-20/h4-7H,1-3,8-11H2,(H3,17,19,21)/b18-14+. The van der Waals surface area contributed by atoms with Crippen LogP contribution in [0, 0.1) is 0 Å². The summed E-state index contributed by atoms with van der Waals surface area (Å²) in [4.78, 5) is 13.3. The number of piperidine rings is 1. The van der Waals surface area contributed by atoms with E-state index in [0.717, 1.165) is 37.3 Å². The molecule has 0 aromatic heterocycles. The fraction of sp³-hybridized carbons (Fsp3) is 0.467. The van der Waals surface area contributed by atoms with Crippen LogP contribution in [0.4, 0.5) is 4.79 Å². The number of urea groups is 1. The minimum absolute atomic E-state index is 0.653. The van der Waals surface area contributed by atoms with Crippen molar-refractivity contribution in [1.29, 1.82) is 0 Å². The van der Waals surface area contributed by atoms with Gasteiger partial charge in [-0.1, -0.05) is 30.2 Å². The van der Waals surface area contributed by atoms with Gasteiger partial charge in [0.25, 0.3) is 0 Å². The smallest absolute Gasteiger partial charge is 0.332 e. The van der Waals surface area contributed by atoms with E-state index in [9.17, 15) is 4.79 Å². The van der Waals surface area contributed by atoms with Gasteiger partial charge in [0.2, 0.25) is 0 Å². The number of hydrogen-bond acceptors (Lipinski definition) is 3. The van der Waals surface area contributed by atoms with Crippen LogP contribution in [0.3, 0.4) is 0 Å². The van der Waals surface area contributed by atoms with Gasteiger partial charge in [0.15, 0.2) is 0 Å². The Hall–Kier alpha value is -1.59. The van der Waals surface area contributed by atoms with Crippen LogP contribution in [0.15, 0.2) is 29.4 Å². The van der Waals surface area contributed by atoms with Crippen LogP contribution >= 0.6 is 11.6 Å². The van der Waals surface area contributed by atoms with E-state index >= 15 is 0 Å². The molecular formula is C15H21ClN4O. The number of amides is 2. The lowest BCUT2D eigenvalue weighted by atomic mass is 10.1. The molecule has 0 radical (unpaired) electrons. The van der Waals surface area contributed by atoms with Crippen molar-refractivity contribution in [2.24, 2.45) is 10.8 Å². The Morgan fingerprint density at radius 1 is 1.24 bits per heavy atom. The molecule has 1 aromatic carbocycles. The lowest BCUT2D eigenvalue weighted by molar-refractivity contribution is 0.235. The molecule has 0 aliphatic carbocycles. The molecule has 3 N–H and O–H groups in total. The van der Waals surface area contributed by atoms with Crippen molar-refractivity contribution in [2.75, 3.05) is 19.6 Å². The summed E-state index contributed by atoms with van der Waals surface area (Å²) < 4.78 is 0. The van der Waals surface area contributed by atoms with Gasteiger partial charge in [0.1, 0.15) is 0 Å². The molecule has 1 fully saturated rings. The Kier molecular flexibility index (Phi) is 6.02. The first kappa shape index (κ1) is 15.8. The van der Waals surface area contributed by atoms with E-state index in [1.807, 2.05) is 24.3 Å². The number of nitrogens with zero attached hydrogens (tertiary/aromatic N) is 2. The zero-order valence-corrected chi connectivity index (χ0v) is 12.8. The fourth-order valence-electron chi connectivity index (χ4n) is 2.48. The molecular weight excluding hydrogens is 288 g/mol. The third-order valence-corrected chi connectivity index (χ3v) is 3.84. The predicted molar refractivity (Wildman–Crippen MR) is 85.6 cm³/mol. The number of hydrogen-bond donors (Lipinski definition) is 2. The molecule has 6 heteroatoms. The van der Waals surface area contributed by atoms with Gasteiger partial charge in [0, 0.05) is 18.0 Å². The number of hydrazone groups is 1. The Labute approximate surface area is 130 Å². The summed E-state index contributed by atoms with van der Waals surface area (Å²) in [6.07, 6.45) is 4.60. The number of carbonyl (C=O) groups is 1. The SMILES string of the molecule is NC(=O)N/N=C(\CCN1CCCCC1)c1ccc(Cl)cc1. The number of halogens is 1. The van der Waals surface area contributed by atoms with Crippen molar-refractivity contribution in [3.05, 3.63) is 34.9 Å². The van der Waals surface area contributed by atoms with E-state index in [2.05, 4.69) is 15.4 Å². The average Bonchev–Trinajstić information content (AvgIpc) is 2.49. The normalized spacial score (nSPS) is 16.7. The number of nitrogens with one attached hydrogen (secondary N) is 1. The zero-order valence-electron chi connectivity index (χ0n) is 12.0. The third kappa shape index (κ3) is 5.36. The van der Waals surface area contributed by atoms with Crippen LogP contribution in [0.1, 0.15) is 31.2 Å². The Morgan fingerprint density at radius 2 is 1.90 bits per heavy atom. The summed E-state index contributed by atoms with van der Waals surface area (Å²) >= 11 is 5.90. The lowest BCUT2D eigenvalue weighted by Crippen LogP contribution is -2.32. The Bertz CT molecular complexity index is 495. The van der Waals surface area contributed by atoms with Gasteiger partial charge < -0.3 is 10.6 Å². The molecule has 1 saturated heterocycles. The first-order valence-electron chi connectivity index (χ1n) is 7.25. The van der Waals surface area contributed by atoms with Crippen LogP contribution in [-0.4, -0.2) is 36.3 Å². The number of benzene rings is 1. The van der Waals surface area contributed by atoms with Crippen LogP contribution < -0.4 is 11.2 Å². The first-order chi connectivity index (χ1) is 10.1. The number of primary amides is 1. The number of carbonyl (C=O) groups excluding carboxylic acids is 1. The highest BCUT2D eigenvalue weighted by atomic mass is 35.5. The maximum absolute atomic E-state index is 10.9. The summed E-state index contributed by atoms with van der Waals surface area (Å²) in [5.41, 5.74) is 9.18. The van der Waals surface area contributed by atoms with Gasteiger partial charge in [-0.25, -0.2) is 10.2 Å². The van der Waals surface area contributed by atoms with E-state index in [-0.39, 0.29) is 0 Å². The van der Waals surface area contributed by atoms with E-state index in [4.69, 9.17) is 17.3 Å². The van der Waals surface area contributed by atoms with Crippen molar-refractivity contribution in [3.8, 4) is 0 Å². The molecule has 1 aliphatic rings. The first-order valence-corrected chi connectivity index (χ1v) is 7.63. The topological polar surface area (TPSA) is 70.7 Å². The summed E-state index contributed by atoms with van der Waals surface area (Å²) in [6, 6.07) is 6.79. The monoisotopic (exact) mass is 308 g/mol. The lowest BCUT2D eigenvalue weighted by Gasteiger charge is -2.26. The Morgan fingerprint density at radius 3 is 2.52 bits per heavy atom. The van der Waals surface area contributed by atoms with Gasteiger partial charge in [0.05, 0.1) is 5.71 Å². The van der Waals surface area contributed by atoms with Crippen molar-refractivity contribution in [3.63, 3.8) is 0 Å². The van der Waals surface area contributed by atoms with Gasteiger partial charge in [-0.2, -0.15) is 5.10 Å². The maximum atomic E-state index is 10.9. The molecule has 5 nitrogen and oxygen atoms in total. The quantitative estimate of drug-likeness (QED) is 0.648. The number of rotatable bonds is 5. The van der Waals surface area contributed by atoms with Crippen LogP contribution in [0.5, 0.6) is 0 Å². The molecule has 1 aromatic rings. The Balaban J connectivity index is 2.02. The van der Waals surface area contributed by atoms with Crippen molar-refractivity contribution < 1.29 is 4.79 Å². The molecule has 2 amide bonds. The van der Waals surface area contributed by atoms with Gasteiger partial charge in [-0.15, -0.1) is 0 Å². The highest BCUT2D eigenvalue weighted by molar-refractivity contribution is 6.30.